The number of fused-ring (bicyclic) bond motifs is 1. The van der Waals surface area contributed by atoms with Crippen molar-refractivity contribution in [1.29, 1.82) is 5.26 Å². The molecule has 0 aromatic heterocycles. The highest BCUT2D eigenvalue weighted by Crippen LogP contribution is 2.44. The summed E-state index contributed by atoms with van der Waals surface area (Å²) in [7, 11) is 0. The summed E-state index contributed by atoms with van der Waals surface area (Å²) >= 11 is 0. The standard InChI is InChI=1S/C18H16N2O/c1-18(11-12-19)15-9-5-6-10-16(15)20(17(18)21)13-14-7-3-2-4-8-14/h2-10H,11,13H2,1H3/t18-/m1/s1. The van der Waals surface area contributed by atoms with E-state index in [0.717, 1.165) is 16.8 Å². The Hall–Kier alpha value is -2.60. The molecule has 0 bridgehead atoms. The number of amides is 1. The van der Waals surface area contributed by atoms with Crippen LogP contribution in [0.25, 0.3) is 0 Å². The Balaban J connectivity index is 2.03. The second-order valence-corrected chi connectivity index (χ2v) is 5.56. The van der Waals surface area contributed by atoms with Crippen molar-refractivity contribution in [1.82, 2.24) is 0 Å². The fraction of sp³-hybridized carbons (Fsp3) is 0.222. The van der Waals surface area contributed by atoms with Gasteiger partial charge in [0, 0.05) is 5.69 Å². The summed E-state index contributed by atoms with van der Waals surface area (Å²) in [6.07, 6.45) is 0.203. The molecule has 2 aromatic rings. The normalized spacial score (nSPS) is 20.2. The average Bonchev–Trinajstić information content (AvgIpc) is 2.72. The van der Waals surface area contributed by atoms with Crippen LogP contribution in [0.5, 0.6) is 0 Å². The van der Waals surface area contributed by atoms with E-state index in [1.165, 1.54) is 0 Å². The van der Waals surface area contributed by atoms with E-state index in [-0.39, 0.29) is 12.3 Å². The third-order valence-electron chi connectivity index (χ3n) is 4.12. The molecule has 1 amide bonds. The Morgan fingerprint density at radius 1 is 1.10 bits per heavy atom. The van der Waals surface area contributed by atoms with Gasteiger partial charge in [-0.05, 0) is 24.1 Å². The van der Waals surface area contributed by atoms with Gasteiger partial charge in [0.05, 0.1) is 24.4 Å². The van der Waals surface area contributed by atoms with Crippen LogP contribution < -0.4 is 4.90 Å². The molecule has 21 heavy (non-hydrogen) atoms. The maximum absolute atomic E-state index is 12.9. The zero-order valence-electron chi connectivity index (χ0n) is 11.9. The van der Waals surface area contributed by atoms with Crippen LogP contribution in [-0.2, 0) is 16.8 Å². The van der Waals surface area contributed by atoms with E-state index >= 15 is 0 Å². The van der Waals surface area contributed by atoms with Crippen LogP contribution in [0.4, 0.5) is 5.69 Å². The zero-order valence-corrected chi connectivity index (χ0v) is 11.9. The molecule has 0 unspecified atom stereocenters. The molecule has 0 N–H and O–H groups in total. The maximum Gasteiger partial charge on any atom is 0.238 e. The molecule has 0 radical (unpaired) electrons. The largest absolute Gasteiger partial charge is 0.307 e. The van der Waals surface area contributed by atoms with Crippen LogP contribution in [-0.4, -0.2) is 5.91 Å². The predicted octanol–water partition coefficient (Wildman–Crippen LogP) is 3.40. The number of rotatable bonds is 3. The molecule has 3 heteroatoms. The monoisotopic (exact) mass is 276 g/mol. The molecule has 0 spiro atoms. The van der Waals surface area contributed by atoms with E-state index < -0.39 is 5.41 Å². The minimum atomic E-state index is -0.736. The fourth-order valence-corrected chi connectivity index (χ4v) is 2.95. The van der Waals surface area contributed by atoms with E-state index in [1.54, 1.807) is 4.90 Å². The minimum absolute atomic E-state index is 0.00843. The summed E-state index contributed by atoms with van der Waals surface area (Å²) in [6, 6.07) is 19.8. The van der Waals surface area contributed by atoms with Gasteiger partial charge in [-0.2, -0.15) is 5.26 Å². The van der Waals surface area contributed by atoms with Crippen molar-refractivity contribution < 1.29 is 4.79 Å². The molecule has 3 nitrogen and oxygen atoms in total. The van der Waals surface area contributed by atoms with Crippen molar-refractivity contribution in [2.45, 2.75) is 25.3 Å². The number of hydrogen-bond acceptors (Lipinski definition) is 2. The first-order chi connectivity index (χ1) is 10.2. The highest BCUT2D eigenvalue weighted by molar-refractivity contribution is 6.07. The SMILES string of the molecule is C[C@]1(CC#N)C(=O)N(Cc2ccccc2)c2ccccc21. The second-order valence-electron chi connectivity index (χ2n) is 5.56. The van der Waals surface area contributed by atoms with Gasteiger partial charge in [-0.15, -0.1) is 0 Å². The summed E-state index contributed by atoms with van der Waals surface area (Å²) < 4.78 is 0. The van der Waals surface area contributed by atoms with Gasteiger partial charge in [0.15, 0.2) is 0 Å². The molecule has 1 aliphatic heterocycles. The molecular formula is C18H16N2O. The zero-order chi connectivity index (χ0) is 14.9. The number of anilines is 1. The van der Waals surface area contributed by atoms with E-state index in [9.17, 15) is 4.79 Å². The Kier molecular flexibility index (Phi) is 3.23. The van der Waals surface area contributed by atoms with Gasteiger partial charge in [0.2, 0.25) is 5.91 Å². The fourth-order valence-electron chi connectivity index (χ4n) is 2.95. The van der Waals surface area contributed by atoms with E-state index in [1.807, 2.05) is 61.5 Å². The lowest BCUT2D eigenvalue weighted by molar-refractivity contribution is -0.122. The molecule has 0 saturated heterocycles. The van der Waals surface area contributed by atoms with E-state index in [2.05, 4.69) is 6.07 Å². The second kappa shape index (κ2) is 5.06. The molecule has 0 aliphatic carbocycles. The van der Waals surface area contributed by atoms with Crippen molar-refractivity contribution in [2.24, 2.45) is 0 Å². The predicted molar refractivity (Wildman–Crippen MR) is 81.7 cm³/mol. The molecule has 0 saturated carbocycles. The van der Waals surface area contributed by atoms with Crippen LogP contribution in [0.3, 0.4) is 0 Å². The molecule has 2 aromatic carbocycles. The van der Waals surface area contributed by atoms with E-state index in [0.29, 0.717) is 6.54 Å². The summed E-state index contributed by atoms with van der Waals surface area (Å²) in [5.41, 5.74) is 2.22. The smallest absolute Gasteiger partial charge is 0.238 e. The van der Waals surface area contributed by atoms with Gasteiger partial charge in [0.25, 0.3) is 0 Å². The maximum atomic E-state index is 12.9. The van der Waals surface area contributed by atoms with Crippen LogP contribution in [0.1, 0.15) is 24.5 Å². The van der Waals surface area contributed by atoms with Crippen LogP contribution in [0.15, 0.2) is 54.6 Å². The summed E-state index contributed by atoms with van der Waals surface area (Å²) in [4.78, 5) is 14.6. The number of nitrogens with zero attached hydrogens (tertiary/aromatic N) is 2. The average molecular weight is 276 g/mol. The van der Waals surface area contributed by atoms with Crippen molar-refractivity contribution >= 4 is 11.6 Å². The molecule has 104 valence electrons. The molecule has 3 rings (SSSR count). The summed E-state index contributed by atoms with van der Waals surface area (Å²) in [5.74, 6) is 0.00843. The van der Waals surface area contributed by atoms with Crippen LogP contribution in [0.2, 0.25) is 0 Å². The number of carbonyl (C=O) groups is 1. The Bertz CT molecular complexity index is 717. The molecule has 1 atom stereocenters. The van der Waals surface area contributed by atoms with Crippen molar-refractivity contribution in [3.8, 4) is 6.07 Å². The third kappa shape index (κ3) is 2.09. The lowest BCUT2D eigenvalue weighted by atomic mass is 9.81. The van der Waals surface area contributed by atoms with Crippen molar-refractivity contribution in [3.05, 3.63) is 65.7 Å². The van der Waals surface area contributed by atoms with Gasteiger partial charge in [-0.3, -0.25) is 4.79 Å². The number of benzene rings is 2. The van der Waals surface area contributed by atoms with Gasteiger partial charge < -0.3 is 4.90 Å². The highest BCUT2D eigenvalue weighted by atomic mass is 16.2. The van der Waals surface area contributed by atoms with Crippen LogP contribution >= 0.6 is 0 Å². The Labute approximate surface area is 124 Å². The highest BCUT2D eigenvalue weighted by Gasteiger charge is 2.46. The number of nitriles is 1. The lowest BCUT2D eigenvalue weighted by Gasteiger charge is -2.22. The van der Waals surface area contributed by atoms with Crippen molar-refractivity contribution in [2.75, 3.05) is 4.90 Å². The topological polar surface area (TPSA) is 44.1 Å². The molecule has 0 fully saturated rings. The summed E-state index contributed by atoms with van der Waals surface area (Å²) in [6.45, 7) is 2.40. The first kappa shape index (κ1) is 13.4. The third-order valence-corrected chi connectivity index (χ3v) is 4.12. The number of carbonyl (C=O) groups excluding carboxylic acids is 1. The number of hydrogen-bond donors (Lipinski definition) is 0. The minimum Gasteiger partial charge on any atom is -0.307 e. The van der Waals surface area contributed by atoms with Gasteiger partial charge in [-0.25, -0.2) is 0 Å². The first-order valence-electron chi connectivity index (χ1n) is 6.99. The van der Waals surface area contributed by atoms with Crippen molar-refractivity contribution in [3.63, 3.8) is 0 Å². The Morgan fingerprint density at radius 3 is 2.48 bits per heavy atom. The number of para-hydroxylation sites is 1. The molecule has 1 aliphatic rings. The molecule has 1 heterocycles. The Morgan fingerprint density at radius 2 is 1.76 bits per heavy atom. The van der Waals surface area contributed by atoms with Gasteiger partial charge in [-0.1, -0.05) is 48.5 Å². The first-order valence-corrected chi connectivity index (χ1v) is 6.99. The lowest BCUT2D eigenvalue weighted by Crippen LogP contribution is -2.37. The summed E-state index contributed by atoms with van der Waals surface area (Å²) in [5, 5.41) is 9.09. The van der Waals surface area contributed by atoms with Gasteiger partial charge in [0.1, 0.15) is 0 Å². The van der Waals surface area contributed by atoms with Crippen LogP contribution in [0, 0.1) is 11.3 Å². The van der Waals surface area contributed by atoms with E-state index in [4.69, 9.17) is 5.26 Å². The molecular weight excluding hydrogens is 260 g/mol. The quantitative estimate of drug-likeness (QED) is 0.862. The van der Waals surface area contributed by atoms with Gasteiger partial charge >= 0.3 is 0 Å².